The van der Waals surface area contributed by atoms with Gasteiger partial charge in [-0.05, 0) is 60.5 Å². The number of thioether (sulfide) groups is 1. The number of nitriles is 1. The number of hydrogen-bond donors (Lipinski definition) is 1. The molecule has 2 aromatic heterocycles. The maximum absolute atomic E-state index is 9.10. The predicted octanol–water partition coefficient (Wildman–Crippen LogP) is 6.95. The largest absolute Gasteiger partial charge is 0.493 e. The molecule has 1 N–H and O–H groups in total. The molecule has 0 atom stereocenters. The first-order valence-electron chi connectivity index (χ1n) is 12.1. The summed E-state index contributed by atoms with van der Waals surface area (Å²) in [6.07, 6.45) is 2.55. The van der Waals surface area contributed by atoms with E-state index in [0.717, 1.165) is 56.5 Å². The summed E-state index contributed by atoms with van der Waals surface area (Å²) in [5.74, 6) is 2.37. The monoisotopic (exact) mass is 506 g/mol. The molecule has 0 aliphatic rings. The average Bonchev–Trinajstić information content (AvgIpc) is 3.36. The first kappa shape index (κ1) is 24.4. The summed E-state index contributed by atoms with van der Waals surface area (Å²) < 4.78 is 11.9. The lowest BCUT2D eigenvalue weighted by Crippen LogP contribution is -2.06. The number of ether oxygens (including phenoxy) is 2. The quantitative estimate of drug-likeness (QED) is 0.163. The van der Waals surface area contributed by atoms with E-state index >= 15 is 0 Å². The lowest BCUT2D eigenvalue weighted by Gasteiger charge is -2.12. The number of imidazole rings is 1. The van der Waals surface area contributed by atoms with Crippen LogP contribution in [-0.2, 0) is 5.75 Å². The molecule has 0 saturated carbocycles. The summed E-state index contributed by atoms with van der Waals surface area (Å²) in [6, 6.07) is 27.6. The Morgan fingerprint density at radius 1 is 0.919 bits per heavy atom. The molecule has 0 spiro atoms. The van der Waals surface area contributed by atoms with Gasteiger partial charge in [-0.25, -0.2) is 4.98 Å². The van der Waals surface area contributed by atoms with E-state index in [0.29, 0.717) is 24.5 Å². The number of rotatable bonds is 10. The molecule has 0 amide bonds. The number of nitrogens with one attached hydrogen (secondary N) is 1. The van der Waals surface area contributed by atoms with Gasteiger partial charge in [0.25, 0.3) is 0 Å². The molecule has 0 aliphatic carbocycles. The van der Waals surface area contributed by atoms with Crippen molar-refractivity contribution in [3.05, 3.63) is 102 Å². The van der Waals surface area contributed by atoms with Crippen molar-refractivity contribution >= 4 is 22.8 Å². The zero-order valence-corrected chi connectivity index (χ0v) is 21.3. The van der Waals surface area contributed by atoms with Gasteiger partial charge in [0.05, 0.1) is 41.6 Å². The van der Waals surface area contributed by atoms with Crippen LogP contribution in [0.25, 0.3) is 22.2 Å². The fourth-order valence-corrected chi connectivity index (χ4v) is 4.85. The minimum absolute atomic E-state index is 0.556. The minimum atomic E-state index is 0.556. The van der Waals surface area contributed by atoms with Crippen LogP contribution in [0.3, 0.4) is 0 Å². The highest BCUT2D eigenvalue weighted by Crippen LogP contribution is 2.27. The lowest BCUT2D eigenvalue weighted by atomic mass is 10.0. The first-order valence-corrected chi connectivity index (χ1v) is 13.1. The van der Waals surface area contributed by atoms with Crippen molar-refractivity contribution in [1.29, 1.82) is 5.26 Å². The van der Waals surface area contributed by atoms with Crippen molar-refractivity contribution in [2.24, 2.45) is 0 Å². The molecule has 5 rings (SSSR count). The van der Waals surface area contributed by atoms with Gasteiger partial charge in [0.2, 0.25) is 0 Å². The van der Waals surface area contributed by atoms with E-state index in [2.05, 4.69) is 21.0 Å². The number of aromatic amines is 1. The zero-order chi connectivity index (χ0) is 25.5. The van der Waals surface area contributed by atoms with E-state index < -0.39 is 0 Å². The van der Waals surface area contributed by atoms with Crippen LogP contribution < -0.4 is 9.47 Å². The van der Waals surface area contributed by atoms with Crippen LogP contribution in [-0.4, -0.2) is 28.2 Å². The van der Waals surface area contributed by atoms with Crippen LogP contribution in [0.15, 0.2) is 90.2 Å². The number of benzene rings is 3. The molecule has 184 valence electrons. The molecule has 0 aliphatic heterocycles. The molecule has 0 bridgehead atoms. The molecule has 0 unspecified atom stereocenters. The molecular weight excluding hydrogens is 480 g/mol. The molecular formula is C30H26N4O2S. The molecule has 37 heavy (non-hydrogen) atoms. The Kier molecular flexibility index (Phi) is 7.68. The standard InChI is InChI=1S/C30H26N4O2S/c1-21-28(20-37-30-33-26-8-2-3-9-27(26)34-30)32-15-14-29(21)36-17-5-16-35-25-12-10-23(11-13-25)24-7-4-6-22(18-24)19-31/h2-4,6-15,18H,5,16-17,20H2,1H3,(H,33,34). The third-order valence-corrected chi connectivity index (χ3v) is 6.85. The Balaban J connectivity index is 1.09. The van der Waals surface area contributed by atoms with E-state index in [1.165, 1.54) is 0 Å². The second-order valence-corrected chi connectivity index (χ2v) is 9.46. The SMILES string of the molecule is Cc1c(OCCCOc2ccc(-c3cccc(C#N)c3)cc2)ccnc1CSc1nc2ccccc2[nH]1. The summed E-state index contributed by atoms with van der Waals surface area (Å²) in [7, 11) is 0. The zero-order valence-electron chi connectivity index (χ0n) is 20.5. The first-order chi connectivity index (χ1) is 18.2. The van der Waals surface area contributed by atoms with E-state index in [-0.39, 0.29) is 0 Å². The van der Waals surface area contributed by atoms with Gasteiger partial charge in [-0.2, -0.15) is 5.26 Å². The molecule has 3 aromatic carbocycles. The van der Waals surface area contributed by atoms with Crippen molar-refractivity contribution in [2.45, 2.75) is 24.3 Å². The van der Waals surface area contributed by atoms with E-state index in [1.807, 2.05) is 79.7 Å². The van der Waals surface area contributed by atoms with Gasteiger partial charge in [0, 0.05) is 23.9 Å². The maximum atomic E-state index is 9.10. The number of hydrogen-bond acceptors (Lipinski definition) is 6. The second-order valence-electron chi connectivity index (χ2n) is 8.50. The normalized spacial score (nSPS) is 10.8. The van der Waals surface area contributed by atoms with Gasteiger partial charge in [-0.3, -0.25) is 4.98 Å². The van der Waals surface area contributed by atoms with Crippen molar-refractivity contribution < 1.29 is 9.47 Å². The average molecular weight is 507 g/mol. The Morgan fingerprint density at radius 3 is 2.59 bits per heavy atom. The molecule has 6 nitrogen and oxygen atoms in total. The topological polar surface area (TPSA) is 83.8 Å². The number of fused-ring (bicyclic) bond motifs is 1. The molecule has 7 heteroatoms. The van der Waals surface area contributed by atoms with Crippen molar-refractivity contribution in [3.63, 3.8) is 0 Å². The molecule has 0 fully saturated rings. The van der Waals surface area contributed by atoms with Crippen molar-refractivity contribution in [2.75, 3.05) is 13.2 Å². The fourth-order valence-electron chi connectivity index (χ4n) is 3.94. The molecule has 5 aromatic rings. The van der Waals surface area contributed by atoms with Crippen LogP contribution in [0.2, 0.25) is 0 Å². The van der Waals surface area contributed by atoms with Gasteiger partial charge in [-0.1, -0.05) is 48.2 Å². The molecule has 0 saturated heterocycles. The van der Waals surface area contributed by atoms with Gasteiger partial charge in [0.15, 0.2) is 5.16 Å². The van der Waals surface area contributed by atoms with Gasteiger partial charge < -0.3 is 14.5 Å². The van der Waals surface area contributed by atoms with Crippen molar-refractivity contribution in [1.82, 2.24) is 15.0 Å². The third-order valence-electron chi connectivity index (χ3n) is 5.97. The van der Waals surface area contributed by atoms with Crippen LogP contribution >= 0.6 is 11.8 Å². The van der Waals surface area contributed by atoms with Gasteiger partial charge in [0.1, 0.15) is 11.5 Å². The number of H-pyrrole nitrogens is 1. The van der Waals surface area contributed by atoms with Crippen LogP contribution in [0.4, 0.5) is 0 Å². The van der Waals surface area contributed by atoms with E-state index in [4.69, 9.17) is 14.7 Å². The Bertz CT molecular complexity index is 1510. The van der Waals surface area contributed by atoms with Gasteiger partial charge >= 0.3 is 0 Å². The summed E-state index contributed by atoms with van der Waals surface area (Å²) >= 11 is 1.63. The number of nitrogens with zero attached hydrogens (tertiary/aromatic N) is 3. The highest BCUT2D eigenvalue weighted by molar-refractivity contribution is 7.98. The van der Waals surface area contributed by atoms with Crippen molar-refractivity contribution in [3.8, 4) is 28.7 Å². The van der Waals surface area contributed by atoms with Crippen LogP contribution in [0.1, 0.15) is 23.2 Å². The number of pyridine rings is 1. The predicted molar refractivity (Wildman–Crippen MR) is 147 cm³/mol. The Labute approximate surface area is 220 Å². The number of para-hydroxylation sites is 2. The highest BCUT2D eigenvalue weighted by atomic mass is 32.2. The Hall–Kier alpha value is -4.28. The summed E-state index contributed by atoms with van der Waals surface area (Å²) in [4.78, 5) is 12.5. The summed E-state index contributed by atoms with van der Waals surface area (Å²) in [6.45, 7) is 3.16. The van der Waals surface area contributed by atoms with Crippen LogP contribution in [0, 0.1) is 18.3 Å². The minimum Gasteiger partial charge on any atom is -0.493 e. The maximum Gasteiger partial charge on any atom is 0.166 e. The summed E-state index contributed by atoms with van der Waals surface area (Å²) in [5.41, 5.74) is 6.75. The highest BCUT2D eigenvalue weighted by Gasteiger charge is 2.10. The second kappa shape index (κ2) is 11.6. The fraction of sp³-hybridized carbons (Fsp3) is 0.167. The third kappa shape index (κ3) is 6.11. The Morgan fingerprint density at radius 2 is 1.76 bits per heavy atom. The van der Waals surface area contributed by atoms with E-state index in [9.17, 15) is 0 Å². The van der Waals surface area contributed by atoms with E-state index in [1.54, 1.807) is 24.0 Å². The van der Waals surface area contributed by atoms with Crippen LogP contribution in [0.5, 0.6) is 11.5 Å². The lowest BCUT2D eigenvalue weighted by molar-refractivity contribution is 0.246. The number of aromatic nitrogens is 3. The molecule has 2 heterocycles. The molecule has 0 radical (unpaired) electrons. The van der Waals surface area contributed by atoms with Gasteiger partial charge in [-0.15, -0.1) is 0 Å². The smallest absolute Gasteiger partial charge is 0.166 e. The summed E-state index contributed by atoms with van der Waals surface area (Å²) in [5, 5.41) is 9.98.